The van der Waals surface area contributed by atoms with Crippen LogP contribution in [-0.2, 0) is 9.59 Å². The van der Waals surface area contributed by atoms with Crippen molar-refractivity contribution in [3.8, 4) is 0 Å². The number of carbonyl (C=O) groups excluding carboxylic acids is 2. The molecule has 5 heteroatoms. The average Bonchev–Trinajstić information content (AvgIpc) is 2.02. The van der Waals surface area contributed by atoms with Gasteiger partial charge in [0.2, 0.25) is 11.8 Å². The quantitative estimate of drug-likeness (QED) is 0.679. The number of nitrogens with two attached hydrogens (primary N) is 1. The Bertz CT molecular complexity index is 182. The van der Waals surface area contributed by atoms with Crippen LogP contribution in [0.15, 0.2) is 0 Å². The van der Waals surface area contributed by atoms with Crippen LogP contribution in [-0.4, -0.2) is 23.2 Å². The van der Waals surface area contributed by atoms with Gasteiger partial charge in [-0.25, -0.2) is 0 Å². The molecule has 0 heterocycles. The molecule has 1 atom stereocenters. The molecule has 0 aliphatic heterocycles. The molecule has 0 aliphatic rings. The number of hydrogen-bond donors (Lipinski definition) is 2. The maximum absolute atomic E-state index is 11.1. The molecule has 0 saturated carbocycles. The summed E-state index contributed by atoms with van der Waals surface area (Å²) in [6.45, 7) is 3.64. The Morgan fingerprint density at radius 3 is 2.33 bits per heavy atom. The number of nitrogens with one attached hydrogen (secondary N) is 1. The molecule has 70 valence electrons. The maximum Gasteiger partial charge on any atom is 0.243 e. The predicted molar refractivity (Wildman–Crippen MR) is 49.8 cm³/mol. The molecule has 0 unspecified atom stereocenters. The van der Waals surface area contributed by atoms with Crippen LogP contribution in [0.1, 0.15) is 13.8 Å². The minimum Gasteiger partial charge on any atom is -0.320 e. The van der Waals surface area contributed by atoms with Crippen molar-refractivity contribution >= 4 is 27.7 Å². The number of alkyl halides is 1. The third-order valence-electron chi connectivity index (χ3n) is 1.40. The summed E-state index contributed by atoms with van der Waals surface area (Å²) in [7, 11) is 0. The van der Waals surface area contributed by atoms with Crippen LogP contribution in [0.5, 0.6) is 0 Å². The molecule has 12 heavy (non-hydrogen) atoms. The molecule has 0 aromatic rings. The van der Waals surface area contributed by atoms with E-state index in [2.05, 4.69) is 21.2 Å². The molecule has 4 nitrogen and oxygen atoms in total. The predicted octanol–water partition coefficient (Wildman–Crippen LogP) is 0.00740. The second-order valence-electron chi connectivity index (χ2n) is 2.82. The molecule has 0 aromatic heterocycles. The topological polar surface area (TPSA) is 72.2 Å². The van der Waals surface area contributed by atoms with E-state index in [-0.39, 0.29) is 17.2 Å². The first-order chi connectivity index (χ1) is 5.49. The van der Waals surface area contributed by atoms with Gasteiger partial charge in [0.1, 0.15) is 0 Å². The van der Waals surface area contributed by atoms with E-state index in [1.165, 1.54) is 0 Å². The van der Waals surface area contributed by atoms with E-state index in [4.69, 9.17) is 5.73 Å². The van der Waals surface area contributed by atoms with E-state index in [1.807, 2.05) is 13.8 Å². The van der Waals surface area contributed by atoms with Crippen molar-refractivity contribution in [3.63, 3.8) is 0 Å². The van der Waals surface area contributed by atoms with Crippen molar-refractivity contribution in [3.05, 3.63) is 0 Å². The van der Waals surface area contributed by atoms with Gasteiger partial charge in [0.25, 0.3) is 0 Å². The Labute approximate surface area is 80.0 Å². The highest BCUT2D eigenvalue weighted by Gasteiger charge is 2.18. The van der Waals surface area contributed by atoms with Gasteiger partial charge in [-0.2, -0.15) is 0 Å². The molecule has 0 aliphatic carbocycles. The molecule has 0 rings (SSSR count). The zero-order valence-electron chi connectivity index (χ0n) is 7.13. The molecule has 2 amide bonds. The van der Waals surface area contributed by atoms with E-state index in [1.54, 1.807) is 0 Å². The summed E-state index contributed by atoms with van der Waals surface area (Å²) in [6.07, 6.45) is 0. The molecule has 0 fully saturated rings. The van der Waals surface area contributed by atoms with Gasteiger partial charge in [-0.15, -0.1) is 0 Å². The molecule has 3 N–H and O–H groups in total. The van der Waals surface area contributed by atoms with Crippen LogP contribution < -0.4 is 11.1 Å². The standard InChI is InChI=1S/C7H13BrN2O2/c1-4(2)6(9)7(12)10-5(11)3-8/h4,6H,3,9H2,1-2H3,(H,10,11,12)/t6-/m0/s1. The highest BCUT2D eigenvalue weighted by Crippen LogP contribution is 1.97. The number of halogens is 1. The largest absolute Gasteiger partial charge is 0.320 e. The number of amides is 2. The van der Waals surface area contributed by atoms with Crippen molar-refractivity contribution in [1.29, 1.82) is 0 Å². The molecule has 0 aromatic carbocycles. The highest BCUT2D eigenvalue weighted by molar-refractivity contribution is 9.09. The van der Waals surface area contributed by atoms with Gasteiger partial charge in [0, 0.05) is 0 Å². The van der Waals surface area contributed by atoms with E-state index >= 15 is 0 Å². The number of carbonyl (C=O) groups is 2. The van der Waals surface area contributed by atoms with Crippen LogP contribution in [0.3, 0.4) is 0 Å². The van der Waals surface area contributed by atoms with Crippen LogP contribution in [0, 0.1) is 5.92 Å². The van der Waals surface area contributed by atoms with Gasteiger partial charge in [0.05, 0.1) is 11.4 Å². The van der Waals surface area contributed by atoms with Crippen molar-refractivity contribution in [2.75, 3.05) is 5.33 Å². The van der Waals surface area contributed by atoms with E-state index in [0.717, 1.165) is 0 Å². The van der Waals surface area contributed by atoms with E-state index in [0.29, 0.717) is 0 Å². The number of rotatable bonds is 3. The summed E-state index contributed by atoms with van der Waals surface area (Å²) in [5.41, 5.74) is 5.48. The first-order valence-electron chi connectivity index (χ1n) is 3.64. The van der Waals surface area contributed by atoms with Gasteiger partial charge in [-0.3, -0.25) is 14.9 Å². The molecule has 0 spiro atoms. The Hall–Kier alpha value is -0.420. The highest BCUT2D eigenvalue weighted by atomic mass is 79.9. The van der Waals surface area contributed by atoms with Crippen LogP contribution >= 0.6 is 15.9 Å². The molecule has 0 saturated heterocycles. The van der Waals surface area contributed by atoms with Crippen molar-refractivity contribution in [2.45, 2.75) is 19.9 Å². The molecular formula is C7H13BrN2O2. The molecule has 0 radical (unpaired) electrons. The second kappa shape index (κ2) is 5.27. The van der Waals surface area contributed by atoms with Crippen LogP contribution in [0.25, 0.3) is 0 Å². The Morgan fingerprint density at radius 1 is 1.50 bits per heavy atom. The SMILES string of the molecule is CC(C)[C@H](N)C(=O)NC(=O)CBr. The first kappa shape index (κ1) is 11.6. The zero-order chi connectivity index (χ0) is 9.72. The van der Waals surface area contributed by atoms with Gasteiger partial charge in [-0.1, -0.05) is 29.8 Å². The number of imide groups is 1. The fourth-order valence-corrected chi connectivity index (χ4v) is 0.697. The normalized spacial score (nSPS) is 12.8. The lowest BCUT2D eigenvalue weighted by molar-refractivity contribution is -0.130. The minimum atomic E-state index is -0.618. The summed E-state index contributed by atoms with van der Waals surface area (Å²) >= 11 is 2.92. The van der Waals surface area contributed by atoms with E-state index in [9.17, 15) is 9.59 Å². The van der Waals surface area contributed by atoms with Crippen LogP contribution in [0.2, 0.25) is 0 Å². The van der Waals surface area contributed by atoms with Gasteiger partial charge < -0.3 is 5.73 Å². The van der Waals surface area contributed by atoms with Crippen molar-refractivity contribution in [2.24, 2.45) is 11.7 Å². The Balaban J connectivity index is 3.96. The first-order valence-corrected chi connectivity index (χ1v) is 4.76. The Morgan fingerprint density at radius 2 is 2.00 bits per heavy atom. The monoisotopic (exact) mass is 236 g/mol. The summed E-state index contributed by atoms with van der Waals surface area (Å²) in [4.78, 5) is 21.8. The fraction of sp³-hybridized carbons (Fsp3) is 0.714. The lowest BCUT2D eigenvalue weighted by Crippen LogP contribution is -2.46. The third-order valence-corrected chi connectivity index (χ3v) is 1.91. The second-order valence-corrected chi connectivity index (χ2v) is 3.38. The summed E-state index contributed by atoms with van der Waals surface area (Å²) < 4.78 is 0. The zero-order valence-corrected chi connectivity index (χ0v) is 8.72. The lowest BCUT2D eigenvalue weighted by atomic mass is 10.1. The van der Waals surface area contributed by atoms with Crippen LogP contribution in [0.4, 0.5) is 0 Å². The van der Waals surface area contributed by atoms with E-state index < -0.39 is 11.9 Å². The van der Waals surface area contributed by atoms with Crippen molar-refractivity contribution in [1.82, 2.24) is 5.32 Å². The summed E-state index contributed by atoms with van der Waals surface area (Å²) in [6, 6.07) is -0.618. The molecule has 0 bridgehead atoms. The van der Waals surface area contributed by atoms with Gasteiger partial charge >= 0.3 is 0 Å². The Kier molecular flexibility index (Phi) is 5.08. The summed E-state index contributed by atoms with van der Waals surface area (Å²) in [5, 5.41) is 2.28. The number of hydrogen-bond acceptors (Lipinski definition) is 3. The maximum atomic E-state index is 11.1. The lowest BCUT2D eigenvalue weighted by Gasteiger charge is -2.13. The minimum absolute atomic E-state index is 0.0353. The average molecular weight is 237 g/mol. The van der Waals surface area contributed by atoms with Crippen molar-refractivity contribution < 1.29 is 9.59 Å². The van der Waals surface area contributed by atoms with Gasteiger partial charge in [0.15, 0.2) is 0 Å². The summed E-state index contributed by atoms with van der Waals surface area (Å²) in [5.74, 6) is -0.751. The molecular weight excluding hydrogens is 224 g/mol. The fourth-order valence-electron chi connectivity index (χ4n) is 0.557. The third kappa shape index (κ3) is 3.82. The van der Waals surface area contributed by atoms with Gasteiger partial charge in [-0.05, 0) is 5.92 Å². The smallest absolute Gasteiger partial charge is 0.243 e.